The molecule has 11 nitrogen and oxygen atoms in total. The molecule has 2 unspecified atom stereocenters. The maximum absolute atomic E-state index is 12.5. The van der Waals surface area contributed by atoms with Crippen molar-refractivity contribution in [1.82, 2.24) is 15.0 Å². The first-order valence-corrected chi connectivity index (χ1v) is 8.97. The molecular formula is C14H15N4NaO7S. The summed E-state index contributed by atoms with van der Waals surface area (Å²) in [7, 11) is -4.89. The fraction of sp³-hybridized carbons (Fsp3) is 0.357. The van der Waals surface area contributed by atoms with E-state index in [2.05, 4.69) is 4.28 Å². The maximum atomic E-state index is 12.5. The van der Waals surface area contributed by atoms with Gasteiger partial charge >= 0.3 is 46.0 Å². The number of rotatable bonds is 4. The molecule has 2 saturated heterocycles. The van der Waals surface area contributed by atoms with Crippen LogP contribution in [0.1, 0.15) is 23.2 Å². The molecule has 1 aromatic carbocycles. The minimum Gasteiger partial charge on any atom is -0.573 e. The zero-order valence-electron chi connectivity index (χ0n) is 14.3. The maximum Gasteiger partial charge on any atom is 1.00 e. The summed E-state index contributed by atoms with van der Waals surface area (Å²) in [6.45, 7) is -0.0157. The average Bonchev–Trinajstić information content (AvgIpc) is 2.84. The van der Waals surface area contributed by atoms with Gasteiger partial charge in [-0.1, -0.05) is 18.2 Å². The Kier molecular flexibility index (Phi) is 6.63. The van der Waals surface area contributed by atoms with Gasteiger partial charge in [-0.2, -0.15) is 13.5 Å². The van der Waals surface area contributed by atoms with Crippen molar-refractivity contribution in [3.8, 4) is 0 Å². The predicted octanol–water partition coefficient (Wildman–Crippen LogP) is -2.37. The molecule has 2 fully saturated rings. The molecule has 0 radical (unpaired) electrons. The van der Waals surface area contributed by atoms with E-state index in [0.29, 0.717) is 5.06 Å². The molecule has 2 N–H and O–H groups in total. The van der Waals surface area contributed by atoms with Crippen molar-refractivity contribution < 1.29 is 61.2 Å². The number of hydrogen-bond donors (Lipinski definition) is 1. The minimum absolute atomic E-state index is 0. The Morgan fingerprint density at radius 1 is 1.22 bits per heavy atom. The van der Waals surface area contributed by atoms with Crippen molar-refractivity contribution >= 4 is 28.2 Å². The average molecular weight is 406 g/mol. The molecule has 0 spiro atoms. The largest absolute Gasteiger partial charge is 1.00 e. The molecule has 3 rings (SSSR count). The number of benzene rings is 1. The Balaban J connectivity index is 0.00000261. The van der Waals surface area contributed by atoms with E-state index in [1.54, 1.807) is 18.2 Å². The molecule has 2 aliphatic heterocycles. The SMILES string of the molecule is [NH-]N(C(=O)c1ccccc1)C(=O)C1CCC2CN1C(=O)N2OS(=O)(=O)O.[Na+]. The van der Waals surface area contributed by atoms with E-state index in [-0.39, 0.29) is 59.5 Å². The Morgan fingerprint density at radius 2 is 1.85 bits per heavy atom. The van der Waals surface area contributed by atoms with Crippen LogP contribution in [0.25, 0.3) is 5.84 Å². The number of urea groups is 1. The molecule has 1 aromatic rings. The number of hydroxylamine groups is 2. The van der Waals surface area contributed by atoms with Gasteiger partial charge in [-0.15, -0.1) is 4.28 Å². The molecule has 4 amide bonds. The van der Waals surface area contributed by atoms with E-state index >= 15 is 0 Å². The van der Waals surface area contributed by atoms with Gasteiger partial charge in [0.2, 0.25) is 11.8 Å². The van der Waals surface area contributed by atoms with E-state index in [0.717, 1.165) is 4.90 Å². The van der Waals surface area contributed by atoms with Crippen LogP contribution in [0.3, 0.4) is 0 Å². The van der Waals surface area contributed by atoms with Gasteiger partial charge in [0.15, 0.2) is 0 Å². The first-order valence-electron chi connectivity index (χ1n) is 7.60. The Bertz CT molecular complexity index is 850. The fourth-order valence-corrected chi connectivity index (χ4v) is 3.44. The summed E-state index contributed by atoms with van der Waals surface area (Å²) in [5.74, 6) is 6.07. The summed E-state index contributed by atoms with van der Waals surface area (Å²) >= 11 is 0. The van der Waals surface area contributed by atoms with Gasteiger partial charge in [0.05, 0.1) is 6.04 Å². The summed E-state index contributed by atoms with van der Waals surface area (Å²) in [5.41, 5.74) is 0.147. The van der Waals surface area contributed by atoms with Crippen molar-refractivity contribution in [2.45, 2.75) is 24.9 Å². The topological polar surface area (TPSA) is 148 Å². The number of piperidine rings is 1. The third kappa shape index (κ3) is 4.48. The van der Waals surface area contributed by atoms with E-state index in [1.807, 2.05) is 0 Å². The summed E-state index contributed by atoms with van der Waals surface area (Å²) in [6.07, 6.45) is 0.333. The summed E-state index contributed by atoms with van der Waals surface area (Å²) < 4.78 is 34.8. The number of fused-ring (bicyclic) bond motifs is 2. The minimum atomic E-state index is -4.89. The molecule has 140 valence electrons. The van der Waals surface area contributed by atoms with Crippen LogP contribution in [0.15, 0.2) is 30.3 Å². The second kappa shape index (κ2) is 8.22. The molecule has 0 aromatic heterocycles. The standard InChI is InChI=1S/C14H15N4O7S.Na/c15-17(12(19)9-4-2-1-3-5-9)13(20)11-7-6-10-8-16(11)14(21)18(10)25-26(22,23)24;/h1-5,10-11,15H,6-8H2,(H,22,23,24);/q-1;+1. The number of amides is 4. The summed E-state index contributed by atoms with van der Waals surface area (Å²) in [5, 5.41) is 0.690. The Labute approximate surface area is 177 Å². The normalized spacial score (nSPS) is 21.6. The van der Waals surface area contributed by atoms with Gasteiger partial charge in [-0.05, 0) is 25.0 Å². The van der Waals surface area contributed by atoms with E-state index in [1.165, 1.54) is 12.1 Å². The van der Waals surface area contributed by atoms with Crippen LogP contribution in [0.2, 0.25) is 0 Å². The third-order valence-electron chi connectivity index (χ3n) is 4.23. The zero-order valence-corrected chi connectivity index (χ0v) is 17.1. The summed E-state index contributed by atoms with van der Waals surface area (Å²) in [4.78, 5) is 38.1. The zero-order chi connectivity index (χ0) is 19.1. The number of carbonyl (C=O) groups is 3. The molecule has 27 heavy (non-hydrogen) atoms. The number of carbonyl (C=O) groups excluding carboxylic acids is 3. The van der Waals surface area contributed by atoms with Crippen molar-refractivity contribution in [2.24, 2.45) is 0 Å². The first kappa shape index (κ1) is 21.8. The van der Waals surface area contributed by atoms with Crippen LogP contribution in [-0.2, 0) is 19.5 Å². The quantitative estimate of drug-likeness (QED) is 0.254. The van der Waals surface area contributed by atoms with Gasteiger partial charge in [0.25, 0.3) is 0 Å². The number of imide groups is 1. The number of hydrogen-bond acceptors (Lipinski definition) is 6. The summed E-state index contributed by atoms with van der Waals surface area (Å²) in [6, 6.07) is 5.09. The van der Waals surface area contributed by atoms with E-state index in [9.17, 15) is 22.8 Å². The molecule has 13 heteroatoms. The van der Waals surface area contributed by atoms with Gasteiger partial charge in [0.1, 0.15) is 6.04 Å². The van der Waals surface area contributed by atoms with Crippen molar-refractivity contribution in [3.63, 3.8) is 0 Å². The number of nitrogens with zero attached hydrogens (tertiary/aromatic N) is 3. The van der Waals surface area contributed by atoms with Gasteiger partial charge in [0, 0.05) is 12.1 Å². The molecule has 2 atom stereocenters. The Morgan fingerprint density at radius 3 is 2.44 bits per heavy atom. The second-order valence-corrected chi connectivity index (χ2v) is 6.86. The van der Waals surface area contributed by atoms with Crippen LogP contribution >= 0.6 is 0 Å². The van der Waals surface area contributed by atoms with Gasteiger partial charge < -0.3 is 15.8 Å². The van der Waals surface area contributed by atoms with Crippen molar-refractivity contribution in [1.29, 1.82) is 0 Å². The molecule has 2 bridgehead atoms. The Hall–Kier alpha value is -1.54. The molecule has 0 saturated carbocycles. The molecule has 2 aliphatic rings. The van der Waals surface area contributed by atoms with Crippen LogP contribution in [-0.4, -0.2) is 64.4 Å². The van der Waals surface area contributed by atoms with Crippen LogP contribution in [0, 0.1) is 0 Å². The monoisotopic (exact) mass is 406 g/mol. The fourth-order valence-electron chi connectivity index (χ4n) is 3.05. The predicted molar refractivity (Wildman–Crippen MR) is 85.3 cm³/mol. The van der Waals surface area contributed by atoms with E-state index in [4.69, 9.17) is 10.4 Å². The van der Waals surface area contributed by atoms with Crippen molar-refractivity contribution in [2.75, 3.05) is 6.54 Å². The first-order chi connectivity index (χ1) is 12.2. The third-order valence-corrected chi connectivity index (χ3v) is 4.58. The van der Waals surface area contributed by atoms with Crippen LogP contribution in [0.4, 0.5) is 4.79 Å². The molecular weight excluding hydrogens is 391 g/mol. The molecule has 0 aliphatic carbocycles. The van der Waals surface area contributed by atoms with Crippen molar-refractivity contribution in [3.05, 3.63) is 41.7 Å². The van der Waals surface area contributed by atoms with E-state index < -0.39 is 40.3 Å². The second-order valence-electron chi connectivity index (χ2n) is 5.85. The van der Waals surface area contributed by atoms with Crippen LogP contribution in [0.5, 0.6) is 0 Å². The molecule has 2 heterocycles. The number of nitrogens with one attached hydrogen (secondary N) is 1. The van der Waals surface area contributed by atoms with Crippen LogP contribution < -0.4 is 29.6 Å². The van der Waals surface area contributed by atoms with Gasteiger partial charge in [-0.3, -0.25) is 14.1 Å². The van der Waals surface area contributed by atoms with Gasteiger partial charge in [-0.25, -0.2) is 4.79 Å². The smallest absolute Gasteiger partial charge is 0.573 e.